The molecule has 0 bridgehead atoms. The first-order valence-electron chi connectivity index (χ1n) is 4.77. The molecule has 3 heteroatoms. The van der Waals surface area contributed by atoms with E-state index in [1.54, 1.807) is 12.1 Å². The number of para-hydroxylation sites is 1. The lowest BCUT2D eigenvalue weighted by Gasteiger charge is -2.02. The zero-order chi connectivity index (χ0) is 10.4. The maximum absolute atomic E-state index is 11.6. The molecule has 0 fully saturated rings. The Kier molecular flexibility index (Phi) is 4.53. The Morgan fingerprint density at radius 3 is 2.79 bits per heavy atom. The second-order valence-corrected chi connectivity index (χ2v) is 4.14. The monoisotopic (exact) mass is 209 g/mol. The molecule has 1 aromatic rings. The third-order valence-electron chi connectivity index (χ3n) is 1.91. The summed E-state index contributed by atoms with van der Waals surface area (Å²) < 4.78 is 0. The largest absolute Gasteiger partial charge is 0.398 e. The maximum Gasteiger partial charge on any atom is 0.221 e. The predicted octanol–water partition coefficient (Wildman–Crippen LogP) is 2.94. The summed E-state index contributed by atoms with van der Waals surface area (Å²) in [5, 5.41) is 0.0801. The fourth-order valence-electron chi connectivity index (χ4n) is 1.07. The second kappa shape index (κ2) is 5.70. The molecule has 0 aliphatic heterocycles. The standard InChI is InChI=1S/C11H15NOS/c1-2-3-8-14-11(13)9-6-4-5-7-10(9)12/h4-7H,2-3,8,12H2,1H3. The summed E-state index contributed by atoms with van der Waals surface area (Å²) in [4.78, 5) is 11.6. The molecule has 0 aromatic heterocycles. The summed E-state index contributed by atoms with van der Waals surface area (Å²) in [5.41, 5.74) is 6.90. The van der Waals surface area contributed by atoms with Crippen LogP contribution in [-0.4, -0.2) is 10.9 Å². The van der Waals surface area contributed by atoms with E-state index < -0.39 is 0 Å². The van der Waals surface area contributed by atoms with Crippen molar-refractivity contribution < 1.29 is 4.79 Å². The molecule has 0 saturated carbocycles. The summed E-state index contributed by atoms with van der Waals surface area (Å²) in [6.45, 7) is 2.11. The summed E-state index contributed by atoms with van der Waals surface area (Å²) in [6.07, 6.45) is 2.19. The molecule has 76 valence electrons. The van der Waals surface area contributed by atoms with E-state index in [0.29, 0.717) is 11.3 Å². The Balaban J connectivity index is 2.56. The van der Waals surface area contributed by atoms with Gasteiger partial charge in [-0.25, -0.2) is 0 Å². The molecule has 0 atom stereocenters. The zero-order valence-electron chi connectivity index (χ0n) is 8.32. The highest BCUT2D eigenvalue weighted by molar-refractivity contribution is 8.14. The van der Waals surface area contributed by atoms with Gasteiger partial charge in [0.05, 0.1) is 5.56 Å². The average molecular weight is 209 g/mol. The Morgan fingerprint density at radius 1 is 1.43 bits per heavy atom. The van der Waals surface area contributed by atoms with Crippen LogP contribution in [0, 0.1) is 0 Å². The third kappa shape index (κ3) is 3.07. The Bertz CT molecular complexity index is 312. The second-order valence-electron chi connectivity index (χ2n) is 3.08. The minimum absolute atomic E-state index is 0.0801. The molecular weight excluding hydrogens is 194 g/mol. The highest BCUT2D eigenvalue weighted by atomic mass is 32.2. The van der Waals surface area contributed by atoms with Gasteiger partial charge in [0.15, 0.2) is 0 Å². The summed E-state index contributed by atoms with van der Waals surface area (Å²) in [6, 6.07) is 7.21. The number of benzene rings is 1. The fraction of sp³-hybridized carbons (Fsp3) is 0.364. The molecule has 0 aliphatic carbocycles. The number of hydrogen-bond acceptors (Lipinski definition) is 3. The van der Waals surface area contributed by atoms with Gasteiger partial charge in [-0.1, -0.05) is 37.2 Å². The number of rotatable bonds is 4. The van der Waals surface area contributed by atoms with Gasteiger partial charge in [0.2, 0.25) is 5.12 Å². The van der Waals surface area contributed by atoms with Gasteiger partial charge in [0.25, 0.3) is 0 Å². The van der Waals surface area contributed by atoms with E-state index in [4.69, 9.17) is 5.73 Å². The van der Waals surface area contributed by atoms with E-state index in [2.05, 4.69) is 6.92 Å². The number of thioether (sulfide) groups is 1. The highest BCUT2D eigenvalue weighted by Crippen LogP contribution is 2.18. The summed E-state index contributed by atoms with van der Waals surface area (Å²) in [7, 11) is 0. The van der Waals surface area contributed by atoms with Gasteiger partial charge < -0.3 is 5.73 Å². The van der Waals surface area contributed by atoms with Crippen molar-refractivity contribution in [3.8, 4) is 0 Å². The Hall–Kier alpha value is -0.960. The zero-order valence-corrected chi connectivity index (χ0v) is 9.14. The number of anilines is 1. The van der Waals surface area contributed by atoms with Crippen LogP contribution in [0.1, 0.15) is 30.1 Å². The Morgan fingerprint density at radius 2 is 2.14 bits per heavy atom. The molecule has 0 saturated heterocycles. The first kappa shape index (κ1) is 11.1. The lowest BCUT2D eigenvalue weighted by Crippen LogP contribution is -2.00. The molecule has 0 unspecified atom stereocenters. The van der Waals surface area contributed by atoms with Crippen LogP contribution >= 0.6 is 11.8 Å². The Labute approximate surface area is 88.9 Å². The van der Waals surface area contributed by atoms with Crippen LogP contribution in [-0.2, 0) is 0 Å². The summed E-state index contributed by atoms with van der Waals surface area (Å²) in [5.74, 6) is 0.879. The first-order chi connectivity index (χ1) is 6.75. The van der Waals surface area contributed by atoms with Crippen LogP contribution in [0.15, 0.2) is 24.3 Å². The molecule has 1 rings (SSSR count). The molecule has 0 aliphatic rings. The lowest BCUT2D eigenvalue weighted by atomic mass is 10.2. The van der Waals surface area contributed by atoms with Crippen molar-refractivity contribution in [2.75, 3.05) is 11.5 Å². The van der Waals surface area contributed by atoms with E-state index in [9.17, 15) is 4.79 Å². The number of carbonyl (C=O) groups is 1. The quantitative estimate of drug-likeness (QED) is 0.612. The normalized spacial score (nSPS) is 10.1. The van der Waals surface area contributed by atoms with Crippen LogP contribution in [0.25, 0.3) is 0 Å². The molecule has 2 N–H and O–H groups in total. The average Bonchev–Trinajstić information content (AvgIpc) is 2.18. The van der Waals surface area contributed by atoms with Gasteiger partial charge in [-0.3, -0.25) is 4.79 Å². The van der Waals surface area contributed by atoms with E-state index in [1.165, 1.54) is 11.8 Å². The number of unbranched alkanes of at least 4 members (excludes halogenated alkanes) is 1. The van der Waals surface area contributed by atoms with E-state index >= 15 is 0 Å². The van der Waals surface area contributed by atoms with E-state index in [-0.39, 0.29) is 5.12 Å². The topological polar surface area (TPSA) is 43.1 Å². The first-order valence-corrected chi connectivity index (χ1v) is 5.76. The van der Waals surface area contributed by atoms with E-state index in [1.807, 2.05) is 12.1 Å². The van der Waals surface area contributed by atoms with Gasteiger partial charge in [0.1, 0.15) is 0 Å². The molecular formula is C11H15NOS. The van der Waals surface area contributed by atoms with Crippen molar-refractivity contribution >= 4 is 22.6 Å². The van der Waals surface area contributed by atoms with Gasteiger partial charge in [-0.15, -0.1) is 0 Å². The van der Waals surface area contributed by atoms with Crippen molar-refractivity contribution in [1.29, 1.82) is 0 Å². The van der Waals surface area contributed by atoms with Crippen LogP contribution < -0.4 is 5.73 Å². The van der Waals surface area contributed by atoms with Crippen LogP contribution in [0.3, 0.4) is 0 Å². The number of carbonyl (C=O) groups excluding carboxylic acids is 1. The van der Waals surface area contributed by atoms with E-state index in [0.717, 1.165) is 18.6 Å². The van der Waals surface area contributed by atoms with Gasteiger partial charge >= 0.3 is 0 Å². The van der Waals surface area contributed by atoms with Gasteiger partial charge in [-0.2, -0.15) is 0 Å². The molecule has 0 heterocycles. The predicted molar refractivity (Wildman–Crippen MR) is 62.6 cm³/mol. The van der Waals surface area contributed by atoms with Crippen molar-refractivity contribution in [3.63, 3.8) is 0 Å². The van der Waals surface area contributed by atoms with Crippen molar-refractivity contribution in [2.24, 2.45) is 0 Å². The number of hydrogen-bond donors (Lipinski definition) is 1. The van der Waals surface area contributed by atoms with Crippen molar-refractivity contribution in [3.05, 3.63) is 29.8 Å². The van der Waals surface area contributed by atoms with Crippen LogP contribution in [0.5, 0.6) is 0 Å². The fourth-order valence-corrected chi connectivity index (χ4v) is 2.03. The number of nitrogens with two attached hydrogens (primary N) is 1. The van der Waals surface area contributed by atoms with Gasteiger partial charge in [-0.05, 0) is 18.6 Å². The lowest BCUT2D eigenvalue weighted by molar-refractivity contribution is 0.108. The molecule has 2 nitrogen and oxygen atoms in total. The third-order valence-corrected chi connectivity index (χ3v) is 2.89. The minimum atomic E-state index is 0.0801. The summed E-state index contributed by atoms with van der Waals surface area (Å²) >= 11 is 1.35. The molecule has 0 radical (unpaired) electrons. The molecule has 14 heavy (non-hydrogen) atoms. The minimum Gasteiger partial charge on any atom is -0.398 e. The number of nitrogen functional groups attached to an aromatic ring is 1. The van der Waals surface area contributed by atoms with Crippen molar-refractivity contribution in [1.82, 2.24) is 0 Å². The van der Waals surface area contributed by atoms with Gasteiger partial charge in [0, 0.05) is 11.4 Å². The molecule has 1 aromatic carbocycles. The van der Waals surface area contributed by atoms with Crippen molar-refractivity contribution in [2.45, 2.75) is 19.8 Å². The van der Waals surface area contributed by atoms with Crippen LogP contribution in [0.4, 0.5) is 5.69 Å². The van der Waals surface area contributed by atoms with Crippen LogP contribution in [0.2, 0.25) is 0 Å². The SMILES string of the molecule is CCCCSC(=O)c1ccccc1N. The highest BCUT2D eigenvalue weighted by Gasteiger charge is 2.08. The smallest absolute Gasteiger partial charge is 0.221 e. The molecule has 0 spiro atoms. The maximum atomic E-state index is 11.6. The molecule has 0 amide bonds.